The number of nitrogens with one attached hydrogen (secondary N) is 2. The topological polar surface area (TPSA) is 119 Å². The molecular formula is C28H27FN4O5S. The molecule has 0 aliphatic rings. The van der Waals surface area contributed by atoms with Crippen LogP contribution in [0.25, 0.3) is 22.0 Å². The van der Waals surface area contributed by atoms with E-state index in [1.807, 2.05) is 0 Å². The summed E-state index contributed by atoms with van der Waals surface area (Å²) in [6.45, 7) is 8.95. The van der Waals surface area contributed by atoms with Crippen molar-refractivity contribution >= 4 is 32.4 Å². The van der Waals surface area contributed by atoms with E-state index in [1.165, 1.54) is 37.4 Å². The first-order valence-electron chi connectivity index (χ1n) is 12.0. The molecule has 4 aromatic rings. The first-order valence-corrected chi connectivity index (χ1v) is 13.5. The highest BCUT2D eigenvalue weighted by Crippen LogP contribution is 2.39. The number of aryl methyl sites for hydroxylation is 3. The Kier molecular flexibility index (Phi) is 7.55. The minimum absolute atomic E-state index is 0.201. The van der Waals surface area contributed by atoms with E-state index in [0.717, 1.165) is 10.1 Å². The van der Waals surface area contributed by atoms with E-state index < -0.39 is 21.4 Å². The number of rotatable bonds is 8. The van der Waals surface area contributed by atoms with Gasteiger partial charge in [-0.25, -0.2) is 17.5 Å². The van der Waals surface area contributed by atoms with E-state index in [0.29, 0.717) is 45.6 Å². The summed E-state index contributed by atoms with van der Waals surface area (Å²) in [6, 6.07) is 12.0. The van der Waals surface area contributed by atoms with Crippen LogP contribution in [0.15, 0.2) is 65.3 Å². The molecule has 2 N–H and O–H groups in total. The zero-order valence-electron chi connectivity index (χ0n) is 21.8. The maximum absolute atomic E-state index is 13.9. The second kappa shape index (κ2) is 10.7. The number of nitrogens with zero attached hydrogens (tertiary/aromatic N) is 2. The first kappa shape index (κ1) is 27.5. The van der Waals surface area contributed by atoms with Gasteiger partial charge >= 0.3 is 0 Å². The molecule has 0 spiro atoms. The molecule has 0 fully saturated rings. The van der Waals surface area contributed by atoms with Crippen molar-refractivity contribution in [1.29, 1.82) is 0 Å². The average Bonchev–Trinajstić information content (AvgIpc) is 2.88. The van der Waals surface area contributed by atoms with Crippen molar-refractivity contribution < 1.29 is 22.3 Å². The molecule has 0 aliphatic carbocycles. The van der Waals surface area contributed by atoms with Gasteiger partial charge in [-0.15, -0.1) is 0 Å². The Morgan fingerprint density at radius 3 is 2.44 bits per heavy atom. The molecule has 9 nitrogen and oxygen atoms in total. The maximum Gasteiger partial charge on any atom is 0.274 e. The number of ether oxygens (including phenoxy) is 1. The summed E-state index contributed by atoms with van der Waals surface area (Å²) in [5.41, 5.74) is 1.86. The number of hydrogen-bond acceptors (Lipinski definition) is 6. The van der Waals surface area contributed by atoms with Gasteiger partial charge in [0.25, 0.3) is 21.5 Å². The minimum atomic E-state index is -3.83. The third kappa shape index (κ3) is 5.68. The number of benzene rings is 3. The zero-order valence-corrected chi connectivity index (χ0v) is 22.6. The highest BCUT2D eigenvalue weighted by atomic mass is 32.2. The molecule has 0 radical (unpaired) electrons. The average molecular weight is 551 g/mol. The summed E-state index contributed by atoms with van der Waals surface area (Å²) >= 11 is 0. The van der Waals surface area contributed by atoms with Crippen molar-refractivity contribution in [3.63, 3.8) is 0 Å². The van der Waals surface area contributed by atoms with E-state index >= 15 is 0 Å². The standard InChI is InChI=1S/C28H27FN4O5S/c1-6-30-27(34)18-8-10-21-22(14-18)28(35)33(5)31-25(21)23-15-20(32-39(36,37)7-2)9-11-24(23)38-26-16(3)12-19(29)13-17(26)4/h7-15,32H,2,6H2,1,3-5H3,(H,30,34). The van der Waals surface area contributed by atoms with Crippen molar-refractivity contribution in [1.82, 2.24) is 15.1 Å². The molecule has 0 saturated heterocycles. The predicted molar refractivity (Wildman–Crippen MR) is 149 cm³/mol. The van der Waals surface area contributed by atoms with Crippen LogP contribution in [0, 0.1) is 19.7 Å². The summed E-state index contributed by atoms with van der Waals surface area (Å²) in [4.78, 5) is 25.5. The van der Waals surface area contributed by atoms with Gasteiger partial charge in [-0.3, -0.25) is 14.3 Å². The van der Waals surface area contributed by atoms with Crippen LogP contribution in [0.1, 0.15) is 28.4 Å². The third-order valence-electron chi connectivity index (χ3n) is 6.00. The summed E-state index contributed by atoms with van der Waals surface area (Å²) in [6.07, 6.45) is 0. The number of sulfonamides is 1. The molecule has 4 rings (SSSR count). The molecule has 0 unspecified atom stereocenters. The number of fused-ring (bicyclic) bond motifs is 1. The summed E-state index contributed by atoms with van der Waals surface area (Å²) in [5.74, 6) is -0.0216. The van der Waals surface area contributed by atoms with Crippen molar-refractivity contribution in [2.24, 2.45) is 7.05 Å². The molecule has 0 bridgehead atoms. The van der Waals surface area contributed by atoms with E-state index in [-0.39, 0.29) is 22.7 Å². The van der Waals surface area contributed by atoms with E-state index in [2.05, 4.69) is 21.7 Å². The van der Waals surface area contributed by atoms with Crippen LogP contribution in [-0.4, -0.2) is 30.7 Å². The summed E-state index contributed by atoms with van der Waals surface area (Å²) in [5, 5.41) is 8.62. The minimum Gasteiger partial charge on any atom is -0.456 e. The van der Waals surface area contributed by atoms with Gasteiger partial charge < -0.3 is 10.1 Å². The second-order valence-electron chi connectivity index (χ2n) is 8.89. The molecule has 0 atom stereocenters. The maximum atomic E-state index is 13.9. The smallest absolute Gasteiger partial charge is 0.274 e. The molecule has 39 heavy (non-hydrogen) atoms. The van der Waals surface area contributed by atoms with Gasteiger partial charge in [0.05, 0.1) is 5.39 Å². The fourth-order valence-electron chi connectivity index (χ4n) is 4.20. The number of halogens is 1. The Hall–Kier alpha value is -4.51. The van der Waals surface area contributed by atoms with Crippen LogP contribution >= 0.6 is 0 Å². The summed E-state index contributed by atoms with van der Waals surface area (Å²) in [7, 11) is -2.35. The number of carbonyl (C=O) groups is 1. The monoisotopic (exact) mass is 550 g/mol. The quantitative estimate of drug-likeness (QED) is 0.326. The molecule has 0 saturated carbocycles. The second-order valence-corrected chi connectivity index (χ2v) is 10.5. The van der Waals surface area contributed by atoms with Gasteiger partial charge in [0.15, 0.2) is 0 Å². The predicted octanol–water partition coefficient (Wildman–Crippen LogP) is 4.78. The lowest BCUT2D eigenvalue weighted by atomic mass is 10.0. The van der Waals surface area contributed by atoms with Crippen molar-refractivity contribution in [3.8, 4) is 22.8 Å². The molecule has 1 heterocycles. The number of aromatic nitrogens is 2. The van der Waals surface area contributed by atoms with Gasteiger partial charge in [-0.1, -0.05) is 12.6 Å². The van der Waals surface area contributed by atoms with Crippen molar-refractivity contribution in [3.05, 3.63) is 93.4 Å². The fraction of sp³-hybridized carbons (Fsp3) is 0.179. The van der Waals surface area contributed by atoms with Crippen LogP contribution in [0.5, 0.6) is 11.5 Å². The van der Waals surface area contributed by atoms with E-state index in [1.54, 1.807) is 39.0 Å². The Morgan fingerprint density at radius 2 is 1.79 bits per heavy atom. The first-order chi connectivity index (χ1) is 18.4. The molecular weight excluding hydrogens is 523 g/mol. The highest BCUT2D eigenvalue weighted by molar-refractivity contribution is 7.95. The van der Waals surface area contributed by atoms with Crippen molar-refractivity contribution in [2.75, 3.05) is 11.3 Å². The zero-order chi connectivity index (χ0) is 28.5. The lowest BCUT2D eigenvalue weighted by Crippen LogP contribution is -2.24. The van der Waals surface area contributed by atoms with Crippen LogP contribution < -0.4 is 20.3 Å². The molecule has 3 aromatic carbocycles. The lowest BCUT2D eigenvalue weighted by Gasteiger charge is -2.18. The van der Waals surface area contributed by atoms with Gasteiger partial charge in [-0.05, 0) is 74.4 Å². The SMILES string of the molecule is C=CS(=O)(=O)Nc1ccc(Oc2c(C)cc(F)cc2C)c(-c2nn(C)c(=O)c3cc(C(=O)NCC)ccc23)c1. The van der Waals surface area contributed by atoms with Crippen LogP contribution in [-0.2, 0) is 17.1 Å². The highest BCUT2D eigenvalue weighted by Gasteiger charge is 2.20. The number of amides is 1. The molecule has 11 heteroatoms. The van der Waals surface area contributed by atoms with Gasteiger partial charge in [0.2, 0.25) is 0 Å². The molecule has 1 aromatic heterocycles. The van der Waals surface area contributed by atoms with E-state index in [4.69, 9.17) is 4.74 Å². The van der Waals surface area contributed by atoms with Gasteiger partial charge in [0, 0.05) is 41.2 Å². The Balaban J connectivity index is 1.99. The Morgan fingerprint density at radius 1 is 1.10 bits per heavy atom. The van der Waals surface area contributed by atoms with Crippen LogP contribution in [0.4, 0.5) is 10.1 Å². The normalized spacial score (nSPS) is 11.3. The Bertz CT molecular complexity index is 1780. The molecule has 1 amide bonds. The van der Waals surface area contributed by atoms with Crippen LogP contribution in [0.2, 0.25) is 0 Å². The Labute approximate surface area is 225 Å². The largest absolute Gasteiger partial charge is 0.456 e. The van der Waals surface area contributed by atoms with Crippen molar-refractivity contribution in [2.45, 2.75) is 20.8 Å². The number of hydrogen-bond donors (Lipinski definition) is 2. The van der Waals surface area contributed by atoms with Gasteiger partial charge in [0.1, 0.15) is 23.0 Å². The third-order valence-corrected chi connectivity index (χ3v) is 6.96. The van der Waals surface area contributed by atoms with E-state index in [9.17, 15) is 22.4 Å². The molecule has 0 aliphatic heterocycles. The van der Waals surface area contributed by atoms with Gasteiger partial charge in [-0.2, -0.15) is 5.10 Å². The number of carbonyl (C=O) groups excluding carboxylic acids is 1. The lowest BCUT2D eigenvalue weighted by molar-refractivity contribution is 0.0956. The fourth-order valence-corrected chi connectivity index (χ4v) is 4.73. The number of anilines is 1. The van der Waals surface area contributed by atoms with Crippen LogP contribution in [0.3, 0.4) is 0 Å². The summed E-state index contributed by atoms with van der Waals surface area (Å²) < 4.78 is 48.1. The molecule has 202 valence electrons.